The van der Waals surface area contributed by atoms with Crippen LogP contribution in [-0.2, 0) is 0 Å². The Labute approximate surface area is 128 Å². The molecule has 0 fully saturated rings. The minimum absolute atomic E-state index is 0.192. The number of carbonyl (C=O) groups excluding carboxylic acids is 1. The fourth-order valence-electron chi connectivity index (χ4n) is 2.12. The molecule has 0 spiro atoms. The first kappa shape index (κ1) is 13.6. The van der Waals surface area contributed by atoms with E-state index < -0.39 is 0 Å². The lowest BCUT2D eigenvalue weighted by atomic mass is 10.1. The molecule has 1 amide bonds. The SMILES string of the molecule is Cc1cc2[nH]c(=O)[nH]c2cc1NC(=O)c1ccc(Br)cc1. The smallest absolute Gasteiger partial charge is 0.322 e. The lowest BCUT2D eigenvalue weighted by Gasteiger charge is -2.08. The van der Waals surface area contributed by atoms with Crippen LogP contribution in [0, 0.1) is 6.92 Å². The zero-order valence-electron chi connectivity index (χ0n) is 11.2. The first-order chi connectivity index (χ1) is 10.0. The molecule has 0 aliphatic heterocycles. The molecule has 0 radical (unpaired) electrons. The molecule has 0 aliphatic rings. The highest BCUT2D eigenvalue weighted by Gasteiger charge is 2.09. The average Bonchev–Trinajstić information content (AvgIpc) is 2.79. The number of hydrogen-bond donors (Lipinski definition) is 3. The van der Waals surface area contributed by atoms with Crippen molar-refractivity contribution in [3.8, 4) is 0 Å². The molecule has 3 aromatic rings. The van der Waals surface area contributed by atoms with Crippen molar-refractivity contribution in [2.45, 2.75) is 6.92 Å². The summed E-state index contributed by atoms with van der Waals surface area (Å²) in [5.41, 5.74) is 3.24. The van der Waals surface area contributed by atoms with Crippen molar-refractivity contribution in [2.75, 3.05) is 5.32 Å². The van der Waals surface area contributed by atoms with Gasteiger partial charge in [-0.05, 0) is 48.9 Å². The van der Waals surface area contributed by atoms with Gasteiger partial charge in [0.05, 0.1) is 11.0 Å². The summed E-state index contributed by atoms with van der Waals surface area (Å²) in [5.74, 6) is -0.192. The van der Waals surface area contributed by atoms with Crippen LogP contribution in [0.15, 0.2) is 45.7 Å². The second kappa shape index (κ2) is 5.21. The van der Waals surface area contributed by atoms with E-state index >= 15 is 0 Å². The number of aromatic amines is 2. The van der Waals surface area contributed by atoms with Crippen molar-refractivity contribution in [2.24, 2.45) is 0 Å². The predicted octanol–water partition coefficient (Wildman–Crippen LogP) is 3.18. The number of H-pyrrole nitrogens is 2. The van der Waals surface area contributed by atoms with E-state index in [0.717, 1.165) is 15.6 Å². The van der Waals surface area contributed by atoms with Gasteiger partial charge in [-0.3, -0.25) is 4.79 Å². The van der Waals surface area contributed by atoms with Crippen LogP contribution >= 0.6 is 15.9 Å². The second-order valence-corrected chi connectivity index (χ2v) is 5.67. The van der Waals surface area contributed by atoms with E-state index in [4.69, 9.17) is 0 Å². The first-order valence-corrected chi connectivity index (χ1v) is 7.12. The summed E-state index contributed by atoms with van der Waals surface area (Å²) in [5, 5.41) is 2.86. The van der Waals surface area contributed by atoms with Gasteiger partial charge in [-0.1, -0.05) is 15.9 Å². The lowest BCUT2D eigenvalue weighted by Crippen LogP contribution is -2.12. The van der Waals surface area contributed by atoms with Gasteiger partial charge in [0.1, 0.15) is 0 Å². The molecule has 3 N–H and O–H groups in total. The minimum Gasteiger partial charge on any atom is -0.322 e. The molecule has 0 saturated carbocycles. The van der Waals surface area contributed by atoms with Crippen molar-refractivity contribution in [1.82, 2.24) is 9.97 Å². The van der Waals surface area contributed by atoms with Crippen molar-refractivity contribution >= 4 is 38.6 Å². The monoisotopic (exact) mass is 345 g/mol. The van der Waals surface area contributed by atoms with Crippen LogP contribution in [0.2, 0.25) is 0 Å². The summed E-state index contributed by atoms with van der Waals surface area (Å²) in [6, 6.07) is 10.7. The van der Waals surface area contributed by atoms with Crippen LogP contribution in [0.4, 0.5) is 5.69 Å². The number of carbonyl (C=O) groups is 1. The quantitative estimate of drug-likeness (QED) is 0.666. The normalized spacial score (nSPS) is 10.8. The van der Waals surface area contributed by atoms with Gasteiger partial charge in [0.25, 0.3) is 5.91 Å². The number of anilines is 1. The standard InChI is InChI=1S/C15H12BrN3O2/c1-8-6-12-13(19-15(21)18-12)7-11(8)17-14(20)9-2-4-10(16)5-3-9/h2-7H,1H3,(H,17,20)(H2,18,19,21). The third-order valence-electron chi connectivity index (χ3n) is 3.22. The number of rotatable bonds is 2. The third kappa shape index (κ3) is 2.75. The topological polar surface area (TPSA) is 77.8 Å². The van der Waals surface area contributed by atoms with Gasteiger partial charge >= 0.3 is 5.69 Å². The molecule has 0 bridgehead atoms. The summed E-state index contributed by atoms with van der Waals surface area (Å²) < 4.78 is 0.918. The van der Waals surface area contributed by atoms with Crippen LogP contribution in [0.3, 0.4) is 0 Å². The molecule has 0 atom stereocenters. The summed E-state index contributed by atoms with van der Waals surface area (Å²) in [6.07, 6.45) is 0. The van der Waals surface area contributed by atoms with Gasteiger partial charge in [-0.25, -0.2) is 4.79 Å². The number of fused-ring (bicyclic) bond motifs is 1. The number of aromatic nitrogens is 2. The number of hydrogen-bond acceptors (Lipinski definition) is 2. The Hall–Kier alpha value is -2.34. The predicted molar refractivity (Wildman–Crippen MR) is 85.8 cm³/mol. The van der Waals surface area contributed by atoms with Gasteiger partial charge < -0.3 is 15.3 Å². The molecule has 3 rings (SSSR count). The van der Waals surface area contributed by atoms with Crippen molar-refractivity contribution in [3.63, 3.8) is 0 Å². The zero-order chi connectivity index (χ0) is 15.0. The molecule has 1 aromatic heterocycles. The van der Waals surface area contributed by atoms with Crippen LogP contribution < -0.4 is 11.0 Å². The Kier molecular flexibility index (Phi) is 3.39. The number of amides is 1. The van der Waals surface area contributed by atoms with Gasteiger partial charge in [-0.2, -0.15) is 0 Å². The number of aryl methyl sites for hydroxylation is 1. The molecular weight excluding hydrogens is 334 g/mol. The highest BCUT2D eigenvalue weighted by Crippen LogP contribution is 2.21. The number of halogens is 1. The lowest BCUT2D eigenvalue weighted by molar-refractivity contribution is 0.102. The van der Waals surface area contributed by atoms with E-state index in [0.29, 0.717) is 16.8 Å². The van der Waals surface area contributed by atoms with Crippen LogP contribution in [0.1, 0.15) is 15.9 Å². The van der Waals surface area contributed by atoms with Crippen molar-refractivity contribution in [1.29, 1.82) is 0 Å². The molecule has 0 unspecified atom stereocenters. The van der Waals surface area contributed by atoms with E-state index in [1.807, 2.05) is 25.1 Å². The van der Waals surface area contributed by atoms with E-state index in [2.05, 4.69) is 31.2 Å². The molecule has 21 heavy (non-hydrogen) atoms. The Morgan fingerprint density at radius 1 is 1.10 bits per heavy atom. The van der Waals surface area contributed by atoms with Crippen LogP contribution in [0.5, 0.6) is 0 Å². The zero-order valence-corrected chi connectivity index (χ0v) is 12.7. The molecule has 0 saturated heterocycles. The Balaban J connectivity index is 1.93. The molecular formula is C15H12BrN3O2. The summed E-state index contributed by atoms with van der Waals surface area (Å²) in [7, 11) is 0. The number of imidazole rings is 1. The van der Waals surface area contributed by atoms with E-state index in [1.165, 1.54) is 0 Å². The Bertz CT molecular complexity index is 878. The minimum atomic E-state index is -0.263. The second-order valence-electron chi connectivity index (χ2n) is 4.75. The number of benzene rings is 2. The molecule has 106 valence electrons. The van der Waals surface area contributed by atoms with E-state index in [-0.39, 0.29) is 11.6 Å². The van der Waals surface area contributed by atoms with Crippen molar-refractivity contribution < 1.29 is 4.79 Å². The van der Waals surface area contributed by atoms with Gasteiger partial charge in [0.15, 0.2) is 0 Å². The molecule has 5 nitrogen and oxygen atoms in total. The maximum atomic E-state index is 12.2. The van der Waals surface area contributed by atoms with Gasteiger partial charge in [0.2, 0.25) is 0 Å². The Morgan fingerprint density at radius 3 is 2.38 bits per heavy atom. The van der Waals surface area contributed by atoms with Crippen molar-refractivity contribution in [3.05, 3.63) is 62.5 Å². The fraction of sp³-hybridized carbons (Fsp3) is 0.0667. The van der Waals surface area contributed by atoms with E-state index in [9.17, 15) is 9.59 Å². The van der Waals surface area contributed by atoms with Gasteiger partial charge in [-0.15, -0.1) is 0 Å². The number of nitrogens with one attached hydrogen (secondary N) is 3. The summed E-state index contributed by atoms with van der Waals surface area (Å²) in [6.45, 7) is 1.88. The third-order valence-corrected chi connectivity index (χ3v) is 3.74. The molecule has 1 heterocycles. The first-order valence-electron chi connectivity index (χ1n) is 6.32. The van der Waals surface area contributed by atoms with E-state index in [1.54, 1.807) is 18.2 Å². The molecule has 2 aromatic carbocycles. The Morgan fingerprint density at radius 2 is 1.71 bits per heavy atom. The van der Waals surface area contributed by atoms with Crippen LogP contribution in [0.25, 0.3) is 11.0 Å². The largest absolute Gasteiger partial charge is 0.323 e. The summed E-state index contributed by atoms with van der Waals surface area (Å²) >= 11 is 3.33. The average molecular weight is 346 g/mol. The molecule has 0 aliphatic carbocycles. The maximum absolute atomic E-state index is 12.2. The highest BCUT2D eigenvalue weighted by atomic mass is 79.9. The summed E-state index contributed by atoms with van der Waals surface area (Å²) in [4.78, 5) is 28.9. The highest BCUT2D eigenvalue weighted by molar-refractivity contribution is 9.10. The fourth-order valence-corrected chi connectivity index (χ4v) is 2.39. The molecule has 6 heteroatoms. The van der Waals surface area contributed by atoms with Crippen LogP contribution in [-0.4, -0.2) is 15.9 Å². The van der Waals surface area contributed by atoms with Gasteiger partial charge in [0, 0.05) is 15.7 Å². The maximum Gasteiger partial charge on any atom is 0.323 e.